The lowest BCUT2D eigenvalue weighted by Crippen LogP contribution is -2.27. The molecule has 0 radical (unpaired) electrons. The van der Waals surface area contributed by atoms with E-state index in [9.17, 15) is 4.79 Å². The van der Waals surface area contributed by atoms with Crippen LogP contribution >= 0.6 is 0 Å². The molecule has 0 aliphatic rings. The van der Waals surface area contributed by atoms with Crippen molar-refractivity contribution >= 4 is 5.91 Å². The van der Waals surface area contributed by atoms with Crippen molar-refractivity contribution in [1.29, 1.82) is 0 Å². The Labute approximate surface area is 207 Å². The standard InChI is InChI=1S/C29H33N3O3/c1-21(23-9-6-5-7-10-23)32(18-22-12-14-24(15-13-22)29(2,3)4)19-27-31-26(20-35-27)28(33)30-17-25-11-8-16-34-25/h5-16,20-21H,17-19H2,1-4H3,(H,30,33)/t21-/m0/s1. The highest BCUT2D eigenvalue weighted by Gasteiger charge is 2.21. The molecule has 1 amide bonds. The van der Waals surface area contributed by atoms with Crippen LogP contribution in [0.3, 0.4) is 0 Å². The zero-order valence-corrected chi connectivity index (χ0v) is 20.8. The van der Waals surface area contributed by atoms with Crippen LogP contribution in [-0.2, 0) is 25.0 Å². The fourth-order valence-electron chi connectivity index (χ4n) is 3.95. The molecular formula is C29H33N3O3. The van der Waals surface area contributed by atoms with Gasteiger partial charge in [0.25, 0.3) is 5.91 Å². The van der Waals surface area contributed by atoms with Crippen LogP contribution in [0.4, 0.5) is 0 Å². The van der Waals surface area contributed by atoms with Gasteiger partial charge in [0.05, 0.1) is 19.4 Å². The lowest BCUT2D eigenvalue weighted by atomic mass is 9.86. The lowest BCUT2D eigenvalue weighted by molar-refractivity contribution is 0.0943. The third-order valence-electron chi connectivity index (χ3n) is 6.16. The highest BCUT2D eigenvalue weighted by Crippen LogP contribution is 2.26. The summed E-state index contributed by atoms with van der Waals surface area (Å²) < 4.78 is 11.0. The molecule has 4 rings (SSSR count). The summed E-state index contributed by atoms with van der Waals surface area (Å²) in [5.41, 5.74) is 4.10. The van der Waals surface area contributed by atoms with Gasteiger partial charge in [0.2, 0.25) is 5.89 Å². The van der Waals surface area contributed by atoms with Gasteiger partial charge < -0.3 is 14.2 Å². The third kappa shape index (κ3) is 6.49. The molecule has 0 fully saturated rings. The monoisotopic (exact) mass is 471 g/mol. The van der Waals surface area contributed by atoms with Crippen LogP contribution in [0.1, 0.15) is 72.6 Å². The SMILES string of the molecule is C[C@@H](c1ccccc1)N(Cc1ccc(C(C)(C)C)cc1)Cc1nc(C(=O)NCc2ccco2)co1. The van der Waals surface area contributed by atoms with Crippen LogP contribution in [0, 0.1) is 0 Å². The Kier molecular flexibility index (Phi) is 7.51. The van der Waals surface area contributed by atoms with E-state index in [2.05, 4.69) is 91.4 Å². The zero-order chi connectivity index (χ0) is 24.8. The fraction of sp³-hybridized carbons (Fsp3) is 0.310. The van der Waals surface area contributed by atoms with Gasteiger partial charge in [0, 0.05) is 12.6 Å². The van der Waals surface area contributed by atoms with E-state index in [1.807, 2.05) is 12.1 Å². The fourth-order valence-corrected chi connectivity index (χ4v) is 3.95. The maximum absolute atomic E-state index is 12.5. The Morgan fingerprint density at radius 2 is 1.71 bits per heavy atom. The van der Waals surface area contributed by atoms with E-state index in [4.69, 9.17) is 8.83 Å². The first-order valence-corrected chi connectivity index (χ1v) is 11.9. The average Bonchev–Trinajstić information content (AvgIpc) is 3.54. The second-order valence-corrected chi connectivity index (χ2v) is 9.83. The molecule has 0 saturated carbocycles. The topological polar surface area (TPSA) is 71.5 Å². The molecule has 2 aromatic heterocycles. The maximum Gasteiger partial charge on any atom is 0.273 e. The largest absolute Gasteiger partial charge is 0.467 e. The number of oxazole rings is 1. The summed E-state index contributed by atoms with van der Waals surface area (Å²) in [5.74, 6) is 0.890. The Morgan fingerprint density at radius 3 is 2.37 bits per heavy atom. The van der Waals surface area contributed by atoms with Crippen LogP contribution in [0.5, 0.6) is 0 Å². The molecule has 0 bridgehead atoms. The number of benzene rings is 2. The third-order valence-corrected chi connectivity index (χ3v) is 6.16. The maximum atomic E-state index is 12.5. The number of aromatic nitrogens is 1. The summed E-state index contributed by atoms with van der Waals surface area (Å²) in [6.45, 7) is 10.3. The van der Waals surface area contributed by atoms with Gasteiger partial charge >= 0.3 is 0 Å². The molecule has 0 aliphatic carbocycles. The summed E-state index contributed by atoms with van der Waals surface area (Å²) in [7, 11) is 0. The first-order chi connectivity index (χ1) is 16.8. The van der Waals surface area contributed by atoms with Crippen molar-refractivity contribution in [3.63, 3.8) is 0 Å². The number of hydrogen-bond donors (Lipinski definition) is 1. The minimum atomic E-state index is -0.295. The van der Waals surface area contributed by atoms with Crippen molar-refractivity contribution in [2.75, 3.05) is 0 Å². The second-order valence-electron chi connectivity index (χ2n) is 9.83. The van der Waals surface area contributed by atoms with Crippen LogP contribution < -0.4 is 5.32 Å². The molecule has 2 aromatic carbocycles. The number of nitrogens with one attached hydrogen (secondary N) is 1. The van der Waals surface area contributed by atoms with Crippen molar-refractivity contribution in [1.82, 2.24) is 15.2 Å². The van der Waals surface area contributed by atoms with Crippen molar-refractivity contribution in [2.45, 2.75) is 58.8 Å². The van der Waals surface area contributed by atoms with E-state index in [-0.39, 0.29) is 23.1 Å². The number of carbonyl (C=O) groups is 1. The molecule has 4 aromatic rings. The highest BCUT2D eigenvalue weighted by molar-refractivity contribution is 5.91. The molecule has 1 atom stereocenters. The first kappa shape index (κ1) is 24.5. The Balaban J connectivity index is 1.49. The number of amides is 1. The molecule has 2 heterocycles. The van der Waals surface area contributed by atoms with Gasteiger partial charge in [-0.15, -0.1) is 0 Å². The van der Waals surface area contributed by atoms with Crippen molar-refractivity contribution < 1.29 is 13.6 Å². The van der Waals surface area contributed by atoms with Crippen LogP contribution in [0.25, 0.3) is 0 Å². The molecule has 1 N–H and O–H groups in total. The van der Waals surface area contributed by atoms with Gasteiger partial charge in [-0.2, -0.15) is 0 Å². The lowest BCUT2D eigenvalue weighted by Gasteiger charge is -2.29. The number of rotatable bonds is 9. The quantitative estimate of drug-likeness (QED) is 0.312. The summed E-state index contributed by atoms with van der Waals surface area (Å²) in [5, 5.41) is 2.81. The summed E-state index contributed by atoms with van der Waals surface area (Å²) in [4.78, 5) is 19.3. The van der Waals surface area contributed by atoms with E-state index in [0.717, 1.165) is 6.54 Å². The Bertz CT molecular complexity index is 1210. The van der Waals surface area contributed by atoms with Gasteiger partial charge in [-0.1, -0.05) is 75.4 Å². The normalized spacial score (nSPS) is 12.6. The van der Waals surface area contributed by atoms with E-state index >= 15 is 0 Å². The molecule has 0 saturated heterocycles. The van der Waals surface area contributed by atoms with E-state index in [1.54, 1.807) is 12.3 Å². The van der Waals surface area contributed by atoms with Crippen molar-refractivity contribution in [2.24, 2.45) is 0 Å². The van der Waals surface area contributed by atoms with Crippen molar-refractivity contribution in [3.05, 3.63) is 113 Å². The molecule has 0 aliphatic heterocycles. The van der Waals surface area contributed by atoms with Gasteiger partial charge in [-0.25, -0.2) is 4.98 Å². The van der Waals surface area contributed by atoms with Gasteiger partial charge in [-0.3, -0.25) is 9.69 Å². The van der Waals surface area contributed by atoms with Crippen LogP contribution in [0.15, 0.2) is 88.1 Å². The minimum Gasteiger partial charge on any atom is -0.467 e. The Hall–Kier alpha value is -3.64. The highest BCUT2D eigenvalue weighted by atomic mass is 16.3. The van der Waals surface area contributed by atoms with E-state index < -0.39 is 0 Å². The van der Waals surface area contributed by atoms with Crippen LogP contribution in [0.2, 0.25) is 0 Å². The number of carbonyl (C=O) groups excluding carboxylic acids is 1. The summed E-state index contributed by atoms with van der Waals surface area (Å²) in [6, 6.07) is 22.9. The van der Waals surface area contributed by atoms with Gasteiger partial charge in [0.1, 0.15) is 12.0 Å². The molecular weight excluding hydrogens is 438 g/mol. The average molecular weight is 472 g/mol. The second kappa shape index (κ2) is 10.7. The molecule has 182 valence electrons. The summed E-state index contributed by atoms with van der Waals surface area (Å²) >= 11 is 0. The smallest absolute Gasteiger partial charge is 0.273 e. The van der Waals surface area contributed by atoms with E-state index in [1.165, 1.54) is 23.0 Å². The Morgan fingerprint density at radius 1 is 0.971 bits per heavy atom. The number of nitrogens with zero attached hydrogens (tertiary/aromatic N) is 2. The molecule has 6 nitrogen and oxygen atoms in total. The number of hydrogen-bond acceptors (Lipinski definition) is 5. The predicted octanol–water partition coefficient (Wildman–Crippen LogP) is 6.26. The molecule has 6 heteroatoms. The van der Waals surface area contributed by atoms with Gasteiger partial charge in [-0.05, 0) is 41.2 Å². The molecule has 0 spiro atoms. The molecule has 35 heavy (non-hydrogen) atoms. The predicted molar refractivity (Wildman–Crippen MR) is 136 cm³/mol. The molecule has 0 unspecified atom stereocenters. The summed E-state index contributed by atoms with van der Waals surface area (Å²) in [6.07, 6.45) is 2.99. The van der Waals surface area contributed by atoms with Crippen molar-refractivity contribution in [3.8, 4) is 0 Å². The van der Waals surface area contributed by atoms with Gasteiger partial charge in [0.15, 0.2) is 5.69 Å². The number of furan rings is 1. The zero-order valence-electron chi connectivity index (χ0n) is 20.8. The van der Waals surface area contributed by atoms with E-state index in [0.29, 0.717) is 24.7 Å². The van der Waals surface area contributed by atoms with Crippen LogP contribution in [-0.4, -0.2) is 15.8 Å². The minimum absolute atomic E-state index is 0.113. The first-order valence-electron chi connectivity index (χ1n) is 11.9.